The van der Waals surface area contributed by atoms with Crippen molar-refractivity contribution in [2.75, 3.05) is 6.54 Å². The highest BCUT2D eigenvalue weighted by atomic mass is 31.2. The molecule has 3 aromatic rings. The van der Waals surface area contributed by atoms with Crippen LogP contribution in [0.4, 0.5) is 0 Å². The van der Waals surface area contributed by atoms with Gasteiger partial charge in [0.25, 0.3) is 0 Å². The SMILES string of the molecule is [B][P+](c1ccccc1)(c1ccccc1)N1CCC[C@H]1c1ccccn1. The Hall–Kier alpha value is -1.96. The van der Waals surface area contributed by atoms with Crippen molar-refractivity contribution in [3.63, 3.8) is 0 Å². The van der Waals surface area contributed by atoms with Crippen molar-refractivity contribution >= 4 is 25.5 Å². The summed E-state index contributed by atoms with van der Waals surface area (Å²) in [4.78, 5) is 4.63. The van der Waals surface area contributed by atoms with Crippen LogP contribution < -0.4 is 10.6 Å². The van der Waals surface area contributed by atoms with Gasteiger partial charge in [-0.15, -0.1) is 0 Å². The van der Waals surface area contributed by atoms with Crippen molar-refractivity contribution in [1.29, 1.82) is 0 Å². The summed E-state index contributed by atoms with van der Waals surface area (Å²) < 4.78 is 2.53. The van der Waals surface area contributed by atoms with Gasteiger partial charge in [0.2, 0.25) is 0 Å². The highest BCUT2D eigenvalue weighted by molar-refractivity contribution is 8.06. The smallest absolute Gasteiger partial charge is 0.259 e. The van der Waals surface area contributed by atoms with Gasteiger partial charge in [-0.3, -0.25) is 4.98 Å². The van der Waals surface area contributed by atoms with E-state index in [0.717, 1.165) is 25.1 Å². The van der Waals surface area contributed by atoms with Crippen LogP contribution in [0.2, 0.25) is 0 Å². The van der Waals surface area contributed by atoms with Gasteiger partial charge in [-0.1, -0.05) is 42.5 Å². The number of hydrogen-bond donors (Lipinski definition) is 0. The molecule has 2 heterocycles. The second-order valence-electron chi connectivity index (χ2n) is 6.43. The molecule has 2 nitrogen and oxygen atoms in total. The number of nitrogens with zero attached hydrogens (tertiary/aromatic N) is 2. The Kier molecular flexibility index (Phi) is 4.70. The molecule has 4 heteroatoms. The fourth-order valence-corrected chi connectivity index (χ4v) is 7.03. The second kappa shape index (κ2) is 7.11. The zero-order valence-electron chi connectivity index (χ0n) is 14.2. The molecule has 2 radical (unpaired) electrons. The van der Waals surface area contributed by atoms with E-state index in [1.54, 1.807) is 0 Å². The number of pyridine rings is 1. The molecule has 0 aliphatic carbocycles. The monoisotopic (exact) mass is 343 g/mol. The fourth-order valence-electron chi connectivity index (χ4n) is 3.76. The molecule has 122 valence electrons. The first-order valence-corrected chi connectivity index (χ1v) is 10.6. The highest BCUT2D eigenvalue weighted by Gasteiger charge is 2.49. The summed E-state index contributed by atoms with van der Waals surface area (Å²) in [5, 5.41) is 2.45. The van der Waals surface area contributed by atoms with Crippen molar-refractivity contribution in [3.8, 4) is 0 Å². The zero-order chi connectivity index (χ0) is 17.1. The van der Waals surface area contributed by atoms with E-state index in [4.69, 9.17) is 7.57 Å². The Morgan fingerprint density at radius 2 is 1.44 bits per heavy atom. The van der Waals surface area contributed by atoms with Crippen molar-refractivity contribution < 1.29 is 0 Å². The van der Waals surface area contributed by atoms with Gasteiger partial charge in [0.05, 0.1) is 29.6 Å². The van der Waals surface area contributed by atoms with Crippen molar-refractivity contribution in [2.24, 2.45) is 0 Å². The quantitative estimate of drug-likeness (QED) is 0.528. The molecule has 0 amide bonds. The van der Waals surface area contributed by atoms with E-state index in [0.29, 0.717) is 0 Å². The molecule has 1 aliphatic rings. The molecule has 25 heavy (non-hydrogen) atoms. The summed E-state index contributed by atoms with van der Waals surface area (Å²) in [7, 11) is 5.13. The lowest BCUT2D eigenvalue weighted by Crippen LogP contribution is -2.37. The maximum atomic E-state index is 7.28. The van der Waals surface area contributed by atoms with Crippen LogP contribution in [0.1, 0.15) is 24.6 Å². The fraction of sp³-hybridized carbons (Fsp3) is 0.190. The Balaban J connectivity index is 1.84. The minimum atomic E-state index is -2.15. The van der Waals surface area contributed by atoms with Gasteiger partial charge in [0.1, 0.15) is 0 Å². The van der Waals surface area contributed by atoms with Crippen LogP contribution >= 0.6 is 7.29 Å². The summed E-state index contributed by atoms with van der Waals surface area (Å²) in [5.74, 6) is 0. The van der Waals surface area contributed by atoms with Gasteiger partial charge in [-0.25, -0.2) is 0 Å². The van der Waals surface area contributed by atoms with Crippen molar-refractivity contribution in [2.45, 2.75) is 18.9 Å². The molecule has 1 saturated heterocycles. The summed E-state index contributed by atoms with van der Waals surface area (Å²) in [6, 6.07) is 27.6. The van der Waals surface area contributed by atoms with Crippen LogP contribution in [-0.4, -0.2) is 23.8 Å². The third-order valence-electron chi connectivity index (χ3n) is 4.96. The van der Waals surface area contributed by atoms with E-state index in [9.17, 15) is 0 Å². The molecule has 1 aliphatic heterocycles. The van der Waals surface area contributed by atoms with Gasteiger partial charge in [0, 0.05) is 12.7 Å². The molecule has 2 aromatic carbocycles. The lowest BCUT2D eigenvalue weighted by Gasteiger charge is -2.35. The molecule has 0 N–H and O–H groups in total. The molecule has 0 unspecified atom stereocenters. The first-order valence-electron chi connectivity index (χ1n) is 8.77. The largest absolute Gasteiger partial charge is 0.399 e. The Labute approximate surface area is 151 Å². The summed E-state index contributed by atoms with van der Waals surface area (Å²) in [5.41, 5.74) is 1.13. The van der Waals surface area contributed by atoms with Gasteiger partial charge >= 0.3 is 7.57 Å². The van der Waals surface area contributed by atoms with E-state index in [-0.39, 0.29) is 6.04 Å². The molecule has 1 aromatic heterocycles. The predicted octanol–water partition coefficient (Wildman–Crippen LogP) is 3.89. The molecule has 0 spiro atoms. The molecule has 1 atom stereocenters. The van der Waals surface area contributed by atoms with Crippen LogP contribution in [-0.2, 0) is 0 Å². The van der Waals surface area contributed by atoms with Crippen molar-refractivity contribution in [1.82, 2.24) is 9.65 Å². The molecular formula is C21H21BN2P+. The van der Waals surface area contributed by atoms with E-state index in [2.05, 4.69) is 82.5 Å². The molecule has 4 rings (SSSR count). The number of aromatic nitrogens is 1. The number of rotatable bonds is 4. The predicted molar refractivity (Wildman–Crippen MR) is 108 cm³/mol. The lowest BCUT2D eigenvalue weighted by molar-refractivity contribution is 0.431. The Morgan fingerprint density at radius 1 is 0.840 bits per heavy atom. The van der Waals surface area contributed by atoms with E-state index in [1.807, 2.05) is 12.3 Å². The minimum Gasteiger partial charge on any atom is -0.259 e. The van der Waals surface area contributed by atoms with Crippen molar-refractivity contribution in [3.05, 3.63) is 90.8 Å². The lowest BCUT2D eigenvalue weighted by atomic mass is 10.1. The third-order valence-corrected chi connectivity index (χ3v) is 8.42. The van der Waals surface area contributed by atoms with E-state index < -0.39 is 7.29 Å². The van der Waals surface area contributed by atoms with Gasteiger partial charge in [-0.2, -0.15) is 4.67 Å². The Bertz CT molecular complexity index is 772. The van der Waals surface area contributed by atoms with E-state index >= 15 is 0 Å². The van der Waals surface area contributed by atoms with Crippen LogP contribution in [0.15, 0.2) is 85.1 Å². The van der Waals surface area contributed by atoms with E-state index in [1.165, 1.54) is 10.6 Å². The molecule has 0 bridgehead atoms. The average molecular weight is 343 g/mol. The normalized spacial score (nSPS) is 18.3. The first-order chi connectivity index (χ1) is 12.3. The molecule has 1 fully saturated rings. The third kappa shape index (κ3) is 3.03. The van der Waals surface area contributed by atoms with Crippen LogP contribution in [0, 0.1) is 0 Å². The molecular weight excluding hydrogens is 322 g/mol. The van der Waals surface area contributed by atoms with Gasteiger partial charge in [0.15, 0.2) is 0 Å². The van der Waals surface area contributed by atoms with Crippen LogP contribution in [0.3, 0.4) is 0 Å². The van der Waals surface area contributed by atoms with Crippen LogP contribution in [0.25, 0.3) is 0 Å². The maximum absolute atomic E-state index is 7.28. The minimum absolute atomic E-state index is 0.278. The number of benzene rings is 2. The van der Waals surface area contributed by atoms with Gasteiger partial charge in [-0.05, 0) is 49.2 Å². The highest BCUT2D eigenvalue weighted by Crippen LogP contribution is 2.61. The topological polar surface area (TPSA) is 16.1 Å². The summed E-state index contributed by atoms with van der Waals surface area (Å²) in [6.07, 6.45) is 4.14. The van der Waals surface area contributed by atoms with Gasteiger partial charge < -0.3 is 0 Å². The summed E-state index contributed by atoms with van der Waals surface area (Å²) >= 11 is 0. The standard InChI is InChI=1S/C21H21BN2P/c22-25(18-10-3-1-4-11-18,19-12-5-2-6-13-19)24-17-9-15-21(24)20-14-7-8-16-23-20/h1-8,10-14,16,21H,9,15,17H2/q+1/t21-/m0/s1. The van der Waals surface area contributed by atoms with Crippen LogP contribution in [0.5, 0.6) is 0 Å². The Morgan fingerprint density at radius 3 is 2.00 bits per heavy atom. The summed E-state index contributed by atoms with van der Waals surface area (Å²) in [6.45, 7) is 1.01. The average Bonchev–Trinajstić information content (AvgIpc) is 3.20. The molecule has 0 saturated carbocycles. The maximum Gasteiger partial charge on any atom is 0.399 e. The zero-order valence-corrected chi connectivity index (χ0v) is 15.1. The first kappa shape index (κ1) is 16.5. The second-order valence-corrected chi connectivity index (χ2v) is 9.35. The number of hydrogen-bond acceptors (Lipinski definition) is 2.